The Morgan fingerprint density at radius 3 is 3.04 bits per heavy atom. The third-order valence-electron chi connectivity index (χ3n) is 4.55. The van der Waals surface area contributed by atoms with Gasteiger partial charge in [0, 0.05) is 25.5 Å². The van der Waals surface area contributed by atoms with E-state index in [1.54, 1.807) is 0 Å². The number of amides is 1. The molecule has 0 saturated heterocycles. The van der Waals surface area contributed by atoms with Crippen LogP contribution in [-0.2, 0) is 13.5 Å². The van der Waals surface area contributed by atoms with Gasteiger partial charge in [0.1, 0.15) is 5.69 Å². The summed E-state index contributed by atoms with van der Waals surface area (Å²) >= 11 is 0. The molecule has 1 aliphatic rings. The monoisotopic (exact) mass is 360 g/mol. The Balaban J connectivity index is 1.76. The fraction of sp³-hybridized carbons (Fsp3) is 0.421. The van der Waals surface area contributed by atoms with Gasteiger partial charge < -0.3 is 5.32 Å². The third kappa shape index (κ3) is 3.66. The largest absolute Gasteiger partial charge is 0.322 e. The van der Waals surface area contributed by atoms with Gasteiger partial charge in [-0.1, -0.05) is 19.1 Å². The third-order valence-corrected chi connectivity index (χ3v) is 4.55. The molecule has 1 N–H and O–H groups in total. The van der Waals surface area contributed by atoms with Gasteiger partial charge in [-0.2, -0.15) is 5.10 Å². The number of carbonyl (C=O) groups excluding carboxylic acids is 1. The van der Waals surface area contributed by atoms with E-state index in [0.717, 1.165) is 31.4 Å². The number of aryl methyl sites for hydroxylation is 1. The lowest BCUT2D eigenvalue weighted by Crippen LogP contribution is -2.23. The first kappa shape index (κ1) is 18.2. The molecular weight excluding hydrogens is 338 g/mol. The van der Waals surface area contributed by atoms with E-state index in [-0.39, 0.29) is 5.56 Å². The Hall–Kier alpha value is -2.57. The van der Waals surface area contributed by atoms with Gasteiger partial charge in [0.05, 0.1) is 5.56 Å². The average molecular weight is 360 g/mol. The first-order valence-corrected chi connectivity index (χ1v) is 8.74. The number of aromatic nitrogens is 2. The van der Waals surface area contributed by atoms with Crippen molar-refractivity contribution < 1.29 is 13.6 Å². The number of nitrogens with zero attached hydrogens (tertiary/aromatic N) is 3. The van der Waals surface area contributed by atoms with Gasteiger partial charge in [-0.25, -0.2) is 8.78 Å². The highest BCUT2D eigenvalue weighted by Crippen LogP contribution is 2.42. The first-order chi connectivity index (χ1) is 12.5. The Morgan fingerprint density at radius 2 is 2.31 bits per heavy atom. The van der Waals surface area contributed by atoms with Crippen molar-refractivity contribution in [1.29, 1.82) is 0 Å². The number of carbonyl (C=O) groups is 1. The molecule has 0 spiro atoms. The molecule has 1 atom stereocenters. The predicted octanol–water partition coefficient (Wildman–Crippen LogP) is 4.12. The van der Waals surface area contributed by atoms with Crippen molar-refractivity contribution in [3.63, 3.8) is 0 Å². The molecule has 0 bridgehead atoms. The highest BCUT2D eigenvalue weighted by atomic mass is 19.3. The van der Waals surface area contributed by atoms with E-state index in [1.165, 1.54) is 23.5 Å². The normalized spacial score (nSPS) is 16.0. The van der Waals surface area contributed by atoms with Crippen LogP contribution in [0.25, 0.3) is 0 Å². The van der Waals surface area contributed by atoms with Gasteiger partial charge in [-0.05, 0) is 48.6 Å². The number of nitrogens with one attached hydrogen (secondary N) is 1. The van der Waals surface area contributed by atoms with Crippen LogP contribution >= 0.6 is 0 Å². The Labute approximate surface area is 151 Å². The fourth-order valence-electron chi connectivity index (χ4n) is 3.35. The Kier molecular flexibility index (Phi) is 5.44. The smallest absolute Gasteiger partial charge is 0.282 e. The van der Waals surface area contributed by atoms with Crippen LogP contribution in [0.1, 0.15) is 59.3 Å². The second-order valence-corrected chi connectivity index (χ2v) is 6.42. The maximum Gasteiger partial charge on any atom is 0.282 e. The van der Waals surface area contributed by atoms with Crippen LogP contribution in [0.3, 0.4) is 0 Å². The zero-order chi connectivity index (χ0) is 18.7. The average Bonchev–Trinajstić information content (AvgIpc) is 2.97. The Morgan fingerprint density at radius 1 is 1.50 bits per heavy atom. The maximum absolute atomic E-state index is 13.1. The number of halogens is 2. The van der Waals surface area contributed by atoms with Crippen molar-refractivity contribution >= 4 is 17.8 Å². The highest BCUT2D eigenvalue weighted by molar-refractivity contribution is 6.05. The van der Waals surface area contributed by atoms with Crippen LogP contribution in [0.4, 0.5) is 14.5 Å². The topological polar surface area (TPSA) is 59.3 Å². The molecule has 0 saturated carbocycles. The zero-order valence-electron chi connectivity index (χ0n) is 14.9. The second-order valence-electron chi connectivity index (χ2n) is 6.42. The lowest BCUT2D eigenvalue weighted by molar-refractivity contribution is 0.101. The molecule has 26 heavy (non-hydrogen) atoms. The van der Waals surface area contributed by atoms with E-state index < -0.39 is 18.0 Å². The summed E-state index contributed by atoms with van der Waals surface area (Å²) in [6.45, 7) is 2.79. The van der Waals surface area contributed by atoms with Gasteiger partial charge in [-0.3, -0.25) is 14.5 Å². The van der Waals surface area contributed by atoms with Crippen molar-refractivity contribution in [3.05, 3.63) is 46.8 Å². The standard InChI is InChI=1S/C19H22F2N4O/c1-3-8-22-9-7-13-10-12-5-4-6-15(16(12)13)23-19(26)14-11-25(2)24-17(14)18(20)21/h4-6,8,11,13,18H,3,7,9-10H2,1-2H3,(H,23,26). The van der Waals surface area contributed by atoms with E-state index in [0.29, 0.717) is 11.6 Å². The van der Waals surface area contributed by atoms with E-state index in [4.69, 9.17) is 0 Å². The van der Waals surface area contributed by atoms with Gasteiger partial charge >= 0.3 is 0 Å². The number of anilines is 1. The summed E-state index contributed by atoms with van der Waals surface area (Å²) in [5.41, 5.74) is 2.38. The molecule has 3 rings (SSSR count). The predicted molar refractivity (Wildman–Crippen MR) is 97.3 cm³/mol. The van der Waals surface area contributed by atoms with E-state index in [1.807, 2.05) is 31.3 Å². The summed E-state index contributed by atoms with van der Waals surface area (Å²) in [5, 5.41) is 6.48. The number of aliphatic imine (C=N–C) groups is 1. The van der Waals surface area contributed by atoms with Crippen LogP contribution in [-0.4, -0.2) is 28.4 Å². The molecule has 0 radical (unpaired) electrons. The van der Waals surface area contributed by atoms with Crippen molar-refractivity contribution in [3.8, 4) is 0 Å². The molecule has 1 aromatic heterocycles. The summed E-state index contributed by atoms with van der Waals surface area (Å²) in [6.07, 6.45) is 3.21. The molecular formula is C19H22F2N4O. The minimum absolute atomic E-state index is 0.0940. The summed E-state index contributed by atoms with van der Waals surface area (Å²) in [4.78, 5) is 16.9. The summed E-state index contributed by atoms with van der Waals surface area (Å²) in [6, 6.07) is 5.72. The summed E-state index contributed by atoms with van der Waals surface area (Å²) in [7, 11) is 1.52. The minimum atomic E-state index is -2.79. The fourth-order valence-corrected chi connectivity index (χ4v) is 3.35. The lowest BCUT2D eigenvalue weighted by atomic mass is 9.74. The molecule has 0 fully saturated rings. The maximum atomic E-state index is 13.1. The van der Waals surface area contributed by atoms with Crippen LogP contribution in [0.5, 0.6) is 0 Å². The van der Waals surface area contributed by atoms with Crippen LogP contribution in [0.15, 0.2) is 29.4 Å². The van der Waals surface area contributed by atoms with Gasteiger partial charge in [0.25, 0.3) is 12.3 Å². The number of benzene rings is 1. The molecule has 7 heteroatoms. The van der Waals surface area contributed by atoms with Crippen LogP contribution in [0.2, 0.25) is 0 Å². The van der Waals surface area contributed by atoms with E-state index in [9.17, 15) is 13.6 Å². The van der Waals surface area contributed by atoms with Crippen molar-refractivity contribution in [1.82, 2.24) is 9.78 Å². The number of alkyl halides is 2. The summed E-state index contributed by atoms with van der Waals surface area (Å²) in [5.74, 6) is -0.226. The molecule has 138 valence electrons. The molecule has 1 aliphatic carbocycles. The minimum Gasteiger partial charge on any atom is -0.322 e. The van der Waals surface area contributed by atoms with Crippen LogP contribution < -0.4 is 5.32 Å². The lowest BCUT2D eigenvalue weighted by Gasteiger charge is -2.32. The van der Waals surface area contributed by atoms with E-state index in [2.05, 4.69) is 15.4 Å². The molecule has 1 unspecified atom stereocenters. The molecule has 0 aliphatic heterocycles. The zero-order valence-corrected chi connectivity index (χ0v) is 14.9. The number of hydrogen-bond donors (Lipinski definition) is 1. The molecule has 5 nitrogen and oxygen atoms in total. The van der Waals surface area contributed by atoms with Crippen molar-refractivity contribution in [2.75, 3.05) is 11.9 Å². The molecule has 2 aromatic rings. The van der Waals surface area contributed by atoms with Crippen LogP contribution in [0, 0.1) is 0 Å². The van der Waals surface area contributed by atoms with E-state index >= 15 is 0 Å². The van der Waals surface area contributed by atoms with Gasteiger partial charge in [-0.15, -0.1) is 0 Å². The number of rotatable bonds is 7. The molecule has 1 heterocycles. The quantitative estimate of drug-likeness (QED) is 0.755. The number of fused-ring (bicyclic) bond motifs is 1. The van der Waals surface area contributed by atoms with Gasteiger partial charge in [0.15, 0.2) is 0 Å². The van der Waals surface area contributed by atoms with Gasteiger partial charge in [0.2, 0.25) is 0 Å². The SMILES string of the molecule is CCC=NCCC1Cc2cccc(NC(=O)c3cn(C)nc3C(F)F)c21. The van der Waals surface area contributed by atoms with Crippen molar-refractivity contribution in [2.45, 2.75) is 38.5 Å². The number of hydrogen-bond acceptors (Lipinski definition) is 3. The highest BCUT2D eigenvalue weighted by Gasteiger charge is 2.30. The first-order valence-electron chi connectivity index (χ1n) is 8.74. The molecule has 1 aromatic carbocycles. The van der Waals surface area contributed by atoms with Crippen molar-refractivity contribution in [2.24, 2.45) is 12.0 Å². The molecule has 1 amide bonds. The second kappa shape index (κ2) is 7.76. The summed E-state index contributed by atoms with van der Waals surface area (Å²) < 4.78 is 27.4. The Bertz CT molecular complexity index is 829.